The summed E-state index contributed by atoms with van der Waals surface area (Å²) in [5.41, 5.74) is 2.31. The lowest BCUT2D eigenvalue weighted by atomic mass is 10.1. The van der Waals surface area contributed by atoms with Crippen molar-refractivity contribution in [3.8, 4) is 0 Å². The molecule has 0 radical (unpaired) electrons. The smallest absolute Gasteiger partial charge is 0.409 e. The first-order chi connectivity index (χ1) is 14.7. The average molecular weight is 446 g/mol. The van der Waals surface area contributed by atoms with Crippen molar-refractivity contribution in [1.29, 1.82) is 0 Å². The Hall–Kier alpha value is -3.07. The Kier molecular flexibility index (Phi) is 6.84. The van der Waals surface area contributed by atoms with Crippen LogP contribution in [0.25, 0.3) is 0 Å². The second kappa shape index (κ2) is 9.38. The molecule has 1 aliphatic heterocycles. The van der Waals surface area contributed by atoms with Gasteiger partial charge in [-0.05, 0) is 50.6 Å². The first kappa shape index (κ1) is 22.6. The summed E-state index contributed by atoms with van der Waals surface area (Å²) >= 11 is 0. The quantitative estimate of drug-likeness (QED) is 0.763. The van der Waals surface area contributed by atoms with Gasteiger partial charge >= 0.3 is 6.09 Å². The zero-order valence-corrected chi connectivity index (χ0v) is 18.7. The summed E-state index contributed by atoms with van der Waals surface area (Å²) < 4.78 is 33.4. The minimum Gasteiger partial charge on any atom is -0.450 e. The van der Waals surface area contributed by atoms with E-state index in [1.807, 2.05) is 19.1 Å². The molecule has 2 amide bonds. The zero-order chi connectivity index (χ0) is 22.6. The second-order valence-electron chi connectivity index (χ2n) is 7.43. The fraction of sp³-hybridized carbons (Fsp3) is 0.364. The Bertz CT molecular complexity index is 1060. The van der Waals surface area contributed by atoms with Crippen LogP contribution in [0.1, 0.15) is 28.4 Å². The van der Waals surface area contributed by atoms with E-state index in [1.54, 1.807) is 47.9 Å². The van der Waals surface area contributed by atoms with Gasteiger partial charge in [-0.25, -0.2) is 13.2 Å². The molecule has 8 nitrogen and oxygen atoms in total. The molecule has 31 heavy (non-hydrogen) atoms. The number of amides is 2. The Labute approximate surface area is 182 Å². The number of sulfonamides is 1. The molecular weight excluding hydrogens is 418 g/mol. The number of hydrogen-bond acceptors (Lipinski definition) is 5. The van der Waals surface area contributed by atoms with Gasteiger partial charge in [-0.15, -0.1) is 0 Å². The lowest BCUT2D eigenvalue weighted by Gasteiger charge is -2.34. The maximum Gasteiger partial charge on any atom is 0.409 e. The number of benzene rings is 2. The highest BCUT2D eigenvalue weighted by molar-refractivity contribution is 7.92. The van der Waals surface area contributed by atoms with Gasteiger partial charge in [-0.3, -0.25) is 9.52 Å². The number of rotatable bonds is 5. The van der Waals surface area contributed by atoms with Crippen molar-refractivity contribution in [3.05, 3.63) is 59.2 Å². The third kappa shape index (κ3) is 5.35. The third-order valence-corrected chi connectivity index (χ3v) is 6.64. The van der Waals surface area contributed by atoms with Gasteiger partial charge in [0.2, 0.25) is 0 Å². The molecule has 3 rings (SSSR count). The van der Waals surface area contributed by atoms with Gasteiger partial charge in [0.1, 0.15) is 0 Å². The Morgan fingerprint density at radius 2 is 1.58 bits per heavy atom. The van der Waals surface area contributed by atoms with Crippen molar-refractivity contribution in [3.63, 3.8) is 0 Å². The highest BCUT2D eigenvalue weighted by Gasteiger charge is 2.27. The van der Waals surface area contributed by atoms with Crippen molar-refractivity contribution in [2.75, 3.05) is 37.5 Å². The number of hydrogen-bond donors (Lipinski definition) is 1. The highest BCUT2D eigenvalue weighted by Crippen LogP contribution is 2.22. The van der Waals surface area contributed by atoms with Crippen LogP contribution in [0, 0.1) is 13.8 Å². The molecule has 2 aromatic rings. The van der Waals surface area contributed by atoms with E-state index in [9.17, 15) is 18.0 Å². The van der Waals surface area contributed by atoms with Crippen LogP contribution in [0.15, 0.2) is 47.4 Å². The Morgan fingerprint density at radius 1 is 0.968 bits per heavy atom. The van der Waals surface area contributed by atoms with Crippen molar-refractivity contribution in [2.45, 2.75) is 25.7 Å². The van der Waals surface area contributed by atoms with Crippen molar-refractivity contribution in [1.82, 2.24) is 9.80 Å². The maximum atomic E-state index is 13.0. The fourth-order valence-corrected chi connectivity index (χ4v) is 4.67. The molecule has 0 aromatic heterocycles. The molecule has 0 aliphatic carbocycles. The van der Waals surface area contributed by atoms with Crippen LogP contribution in [0.4, 0.5) is 10.5 Å². The summed E-state index contributed by atoms with van der Waals surface area (Å²) in [5, 5.41) is 0. The van der Waals surface area contributed by atoms with E-state index in [1.165, 1.54) is 6.07 Å². The predicted molar refractivity (Wildman–Crippen MR) is 118 cm³/mol. The molecule has 0 spiro atoms. The molecular formula is C22H27N3O5S. The van der Waals surface area contributed by atoms with Crippen LogP contribution in [-0.2, 0) is 14.8 Å². The van der Waals surface area contributed by atoms with Crippen molar-refractivity contribution >= 4 is 27.7 Å². The first-order valence-corrected chi connectivity index (χ1v) is 11.6. The standard InChI is InChI=1S/C22H27N3O5S/c1-4-30-22(27)25-13-11-24(12-14-25)21(26)18-8-7-17(3)20(15-18)31(28,29)23-19-9-5-16(2)6-10-19/h5-10,15,23H,4,11-14H2,1-3H3. The molecule has 1 heterocycles. The van der Waals surface area contributed by atoms with Crippen LogP contribution in [0.5, 0.6) is 0 Å². The molecule has 1 N–H and O–H groups in total. The molecule has 0 unspecified atom stereocenters. The van der Waals surface area contributed by atoms with E-state index >= 15 is 0 Å². The largest absolute Gasteiger partial charge is 0.450 e. The molecule has 0 bridgehead atoms. The van der Waals surface area contributed by atoms with E-state index in [-0.39, 0.29) is 16.9 Å². The third-order valence-electron chi connectivity index (χ3n) is 5.12. The molecule has 166 valence electrons. The van der Waals surface area contributed by atoms with Gasteiger partial charge < -0.3 is 14.5 Å². The molecule has 1 saturated heterocycles. The summed E-state index contributed by atoms with van der Waals surface area (Å²) in [6.07, 6.45) is -0.388. The van der Waals surface area contributed by atoms with Crippen molar-refractivity contribution < 1.29 is 22.7 Å². The highest BCUT2D eigenvalue weighted by atomic mass is 32.2. The van der Waals surface area contributed by atoms with E-state index < -0.39 is 10.0 Å². The number of nitrogens with zero attached hydrogens (tertiary/aromatic N) is 2. The number of nitrogens with one attached hydrogen (secondary N) is 1. The Balaban J connectivity index is 1.75. The monoisotopic (exact) mass is 445 g/mol. The summed E-state index contributed by atoms with van der Waals surface area (Å²) in [6.45, 7) is 7.11. The van der Waals surface area contributed by atoms with Gasteiger partial charge in [0.05, 0.1) is 11.5 Å². The summed E-state index contributed by atoms with van der Waals surface area (Å²) in [5.74, 6) is -0.268. The minimum atomic E-state index is -3.86. The molecule has 9 heteroatoms. The average Bonchev–Trinajstić information content (AvgIpc) is 2.75. The molecule has 0 atom stereocenters. The van der Waals surface area contributed by atoms with Crippen molar-refractivity contribution in [2.24, 2.45) is 0 Å². The van der Waals surface area contributed by atoms with E-state index in [0.29, 0.717) is 49.6 Å². The number of ether oxygens (including phenoxy) is 1. The van der Waals surface area contributed by atoms with Crippen LogP contribution in [0.3, 0.4) is 0 Å². The van der Waals surface area contributed by atoms with Crippen LogP contribution >= 0.6 is 0 Å². The van der Waals surface area contributed by atoms with E-state index in [4.69, 9.17) is 4.74 Å². The van der Waals surface area contributed by atoms with Gasteiger partial charge in [-0.2, -0.15) is 0 Å². The SMILES string of the molecule is CCOC(=O)N1CCN(C(=O)c2ccc(C)c(S(=O)(=O)Nc3ccc(C)cc3)c2)CC1. The number of carbonyl (C=O) groups excluding carboxylic acids is 2. The minimum absolute atomic E-state index is 0.0593. The lowest BCUT2D eigenvalue weighted by molar-refractivity contribution is 0.0570. The second-order valence-corrected chi connectivity index (χ2v) is 9.08. The molecule has 1 aliphatic rings. The number of piperazine rings is 1. The van der Waals surface area contributed by atoms with Crippen LogP contribution < -0.4 is 4.72 Å². The number of aryl methyl sites for hydroxylation is 2. The predicted octanol–water partition coefficient (Wildman–Crippen LogP) is 3.02. The summed E-state index contributed by atoms with van der Waals surface area (Å²) in [7, 11) is -3.86. The molecule has 0 saturated carbocycles. The fourth-order valence-electron chi connectivity index (χ4n) is 3.34. The maximum absolute atomic E-state index is 13.0. The lowest BCUT2D eigenvalue weighted by Crippen LogP contribution is -2.50. The number of carbonyl (C=O) groups is 2. The normalized spacial score (nSPS) is 14.3. The van der Waals surface area contributed by atoms with E-state index in [2.05, 4.69) is 4.72 Å². The first-order valence-electron chi connectivity index (χ1n) is 10.1. The number of anilines is 1. The molecule has 2 aromatic carbocycles. The van der Waals surface area contributed by atoms with Gasteiger partial charge in [-0.1, -0.05) is 23.8 Å². The summed E-state index contributed by atoms with van der Waals surface area (Å²) in [6, 6.07) is 11.7. The zero-order valence-electron chi connectivity index (χ0n) is 17.9. The van der Waals surface area contributed by atoms with E-state index in [0.717, 1.165) is 5.56 Å². The van der Waals surface area contributed by atoms with Gasteiger partial charge in [0, 0.05) is 37.4 Å². The van der Waals surface area contributed by atoms with Gasteiger partial charge in [0.25, 0.3) is 15.9 Å². The molecule has 1 fully saturated rings. The van der Waals surface area contributed by atoms with Gasteiger partial charge in [0.15, 0.2) is 0 Å². The van der Waals surface area contributed by atoms with Crippen LogP contribution in [-0.4, -0.2) is 63.0 Å². The summed E-state index contributed by atoms with van der Waals surface area (Å²) in [4.78, 5) is 28.0. The Morgan fingerprint density at radius 3 is 2.19 bits per heavy atom. The van der Waals surface area contributed by atoms with Crippen LogP contribution in [0.2, 0.25) is 0 Å². The topological polar surface area (TPSA) is 96.0 Å².